The van der Waals surface area contributed by atoms with Crippen molar-refractivity contribution >= 4 is 5.97 Å². The van der Waals surface area contributed by atoms with Crippen molar-refractivity contribution in [3.8, 4) is 0 Å². The molecule has 0 unspecified atom stereocenters. The molecule has 0 fully saturated rings. The van der Waals surface area contributed by atoms with Gasteiger partial charge < -0.3 is 4.74 Å². The summed E-state index contributed by atoms with van der Waals surface area (Å²) >= 11 is 0. The second kappa shape index (κ2) is 5.22. The first-order valence-electron chi connectivity index (χ1n) is 6.11. The lowest BCUT2D eigenvalue weighted by Gasteiger charge is -2.17. The van der Waals surface area contributed by atoms with Crippen LogP contribution in [0.2, 0.25) is 0 Å². The van der Waals surface area contributed by atoms with Gasteiger partial charge in [-0.2, -0.15) is 0 Å². The summed E-state index contributed by atoms with van der Waals surface area (Å²) in [6, 6.07) is 9.52. The first-order chi connectivity index (χ1) is 8.97. The van der Waals surface area contributed by atoms with E-state index in [4.69, 9.17) is 4.74 Å². The molecular formula is C14H17N3O2. The van der Waals surface area contributed by atoms with Crippen LogP contribution >= 0.6 is 0 Å². The number of aromatic nitrogens is 3. The van der Waals surface area contributed by atoms with Crippen molar-refractivity contribution in [2.45, 2.75) is 32.9 Å². The monoisotopic (exact) mass is 259 g/mol. The Balaban J connectivity index is 1.99. The minimum Gasteiger partial charge on any atom is -0.456 e. The number of benzene rings is 1. The molecule has 0 amide bonds. The lowest BCUT2D eigenvalue weighted by molar-refractivity contribution is 0.0465. The Morgan fingerprint density at radius 1 is 1.26 bits per heavy atom. The fourth-order valence-electron chi connectivity index (χ4n) is 1.48. The molecule has 2 aromatic rings. The number of hydrogen-bond donors (Lipinski definition) is 0. The molecule has 19 heavy (non-hydrogen) atoms. The van der Waals surface area contributed by atoms with Crippen LogP contribution in [0.25, 0.3) is 0 Å². The number of carbonyl (C=O) groups excluding carboxylic acids is 1. The van der Waals surface area contributed by atoms with Gasteiger partial charge in [0.05, 0.1) is 11.7 Å². The summed E-state index contributed by atoms with van der Waals surface area (Å²) in [4.78, 5) is 11.8. The molecule has 0 aliphatic heterocycles. The molecule has 0 saturated carbocycles. The molecule has 0 saturated heterocycles. The van der Waals surface area contributed by atoms with Crippen molar-refractivity contribution in [1.82, 2.24) is 15.0 Å². The van der Waals surface area contributed by atoms with Crippen molar-refractivity contribution in [2.24, 2.45) is 0 Å². The van der Waals surface area contributed by atoms with Gasteiger partial charge in [0.25, 0.3) is 0 Å². The van der Waals surface area contributed by atoms with Crippen molar-refractivity contribution in [3.05, 3.63) is 47.8 Å². The summed E-state index contributed by atoms with van der Waals surface area (Å²) in [7, 11) is 0. The molecule has 2 rings (SSSR count). The molecule has 5 nitrogen and oxygen atoms in total. The maximum Gasteiger partial charge on any atom is 0.360 e. The summed E-state index contributed by atoms with van der Waals surface area (Å²) in [6.45, 7) is 6.20. The number of hydrogen-bond acceptors (Lipinski definition) is 4. The van der Waals surface area contributed by atoms with E-state index in [0.29, 0.717) is 0 Å². The fourth-order valence-corrected chi connectivity index (χ4v) is 1.48. The second-order valence-corrected chi connectivity index (χ2v) is 5.28. The van der Waals surface area contributed by atoms with Crippen LogP contribution in [0.5, 0.6) is 0 Å². The fraction of sp³-hybridized carbons (Fsp3) is 0.357. The normalized spacial score (nSPS) is 11.3. The topological polar surface area (TPSA) is 57.0 Å². The van der Waals surface area contributed by atoms with Gasteiger partial charge in [0.15, 0.2) is 5.69 Å². The zero-order valence-electron chi connectivity index (χ0n) is 11.3. The summed E-state index contributed by atoms with van der Waals surface area (Å²) in [5.41, 5.74) is 0.968. The molecule has 0 N–H and O–H groups in total. The van der Waals surface area contributed by atoms with E-state index in [1.165, 1.54) is 0 Å². The van der Waals surface area contributed by atoms with Gasteiger partial charge in [-0.3, -0.25) is 0 Å². The maximum atomic E-state index is 11.8. The predicted octanol–water partition coefficient (Wildman–Crippen LogP) is 2.39. The highest BCUT2D eigenvalue weighted by molar-refractivity contribution is 5.86. The Morgan fingerprint density at radius 3 is 2.53 bits per heavy atom. The lowest BCUT2D eigenvalue weighted by atomic mass is 10.1. The predicted molar refractivity (Wildman–Crippen MR) is 70.6 cm³/mol. The standard InChI is InChI=1S/C14H17N3O2/c1-14(2,3)17-9-12(15-16-17)13(18)19-10-11-7-5-4-6-8-11/h4-9H,10H2,1-3H3. The molecule has 0 bridgehead atoms. The van der Waals surface area contributed by atoms with Gasteiger partial charge in [-0.1, -0.05) is 35.5 Å². The van der Waals surface area contributed by atoms with E-state index in [9.17, 15) is 4.79 Å². The highest BCUT2D eigenvalue weighted by Crippen LogP contribution is 2.12. The van der Waals surface area contributed by atoms with Crippen LogP contribution in [0.4, 0.5) is 0 Å². The lowest BCUT2D eigenvalue weighted by Crippen LogP contribution is -2.22. The molecule has 5 heteroatoms. The molecule has 1 aromatic heterocycles. The summed E-state index contributed by atoms with van der Waals surface area (Å²) in [5.74, 6) is -0.459. The molecule has 1 heterocycles. The van der Waals surface area contributed by atoms with Crippen LogP contribution in [0.1, 0.15) is 36.8 Å². The second-order valence-electron chi connectivity index (χ2n) is 5.28. The van der Waals surface area contributed by atoms with E-state index < -0.39 is 5.97 Å². The van der Waals surface area contributed by atoms with Gasteiger partial charge >= 0.3 is 5.97 Å². The first kappa shape index (κ1) is 13.3. The molecule has 0 aliphatic carbocycles. The third kappa shape index (κ3) is 3.40. The summed E-state index contributed by atoms with van der Waals surface area (Å²) in [5, 5.41) is 7.76. The zero-order chi connectivity index (χ0) is 13.9. The Bertz CT molecular complexity index is 556. The number of esters is 1. The Hall–Kier alpha value is -2.17. The largest absolute Gasteiger partial charge is 0.456 e. The molecule has 0 radical (unpaired) electrons. The number of carbonyl (C=O) groups is 1. The van der Waals surface area contributed by atoms with Crippen LogP contribution in [-0.4, -0.2) is 21.0 Å². The van der Waals surface area contributed by atoms with E-state index in [2.05, 4.69) is 10.3 Å². The zero-order valence-corrected chi connectivity index (χ0v) is 11.3. The Kier molecular flexibility index (Phi) is 3.64. The summed E-state index contributed by atoms with van der Waals surface area (Å²) in [6.07, 6.45) is 1.60. The van der Waals surface area contributed by atoms with E-state index in [1.807, 2.05) is 51.1 Å². The van der Waals surface area contributed by atoms with Crippen LogP contribution in [0.15, 0.2) is 36.5 Å². The molecule has 0 spiro atoms. The van der Waals surface area contributed by atoms with Gasteiger partial charge in [-0.15, -0.1) is 5.10 Å². The number of rotatable bonds is 3. The minimum absolute atomic E-state index is 0.203. The highest BCUT2D eigenvalue weighted by Gasteiger charge is 2.19. The smallest absolute Gasteiger partial charge is 0.360 e. The molecule has 0 atom stereocenters. The van der Waals surface area contributed by atoms with Gasteiger partial charge in [0.2, 0.25) is 0 Å². The van der Waals surface area contributed by atoms with Gasteiger partial charge in [0.1, 0.15) is 6.61 Å². The van der Waals surface area contributed by atoms with Crippen LogP contribution in [0.3, 0.4) is 0 Å². The minimum atomic E-state index is -0.459. The van der Waals surface area contributed by atoms with Gasteiger partial charge in [0, 0.05) is 0 Å². The van der Waals surface area contributed by atoms with Crippen LogP contribution in [-0.2, 0) is 16.9 Å². The molecule has 0 aliphatic rings. The van der Waals surface area contributed by atoms with Crippen molar-refractivity contribution in [1.29, 1.82) is 0 Å². The van der Waals surface area contributed by atoms with Crippen LogP contribution in [0, 0.1) is 0 Å². The van der Waals surface area contributed by atoms with E-state index in [-0.39, 0.29) is 17.8 Å². The molecular weight excluding hydrogens is 242 g/mol. The Labute approximate surface area is 112 Å². The van der Waals surface area contributed by atoms with E-state index in [1.54, 1.807) is 10.9 Å². The van der Waals surface area contributed by atoms with Crippen LogP contribution < -0.4 is 0 Å². The summed E-state index contributed by atoms with van der Waals surface area (Å²) < 4.78 is 6.83. The Morgan fingerprint density at radius 2 is 1.95 bits per heavy atom. The average Bonchev–Trinajstić information content (AvgIpc) is 2.87. The molecule has 1 aromatic carbocycles. The van der Waals surface area contributed by atoms with Crippen molar-refractivity contribution in [2.75, 3.05) is 0 Å². The quantitative estimate of drug-likeness (QED) is 0.794. The highest BCUT2D eigenvalue weighted by atomic mass is 16.5. The third-order valence-electron chi connectivity index (χ3n) is 2.60. The molecule has 100 valence electrons. The van der Waals surface area contributed by atoms with Crippen molar-refractivity contribution < 1.29 is 9.53 Å². The number of nitrogens with zero attached hydrogens (tertiary/aromatic N) is 3. The average molecular weight is 259 g/mol. The maximum absolute atomic E-state index is 11.8. The first-order valence-corrected chi connectivity index (χ1v) is 6.11. The van der Waals surface area contributed by atoms with E-state index >= 15 is 0 Å². The van der Waals surface area contributed by atoms with E-state index in [0.717, 1.165) is 5.56 Å². The third-order valence-corrected chi connectivity index (χ3v) is 2.60. The van der Waals surface area contributed by atoms with Gasteiger partial charge in [-0.25, -0.2) is 9.48 Å². The van der Waals surface area contributed by atoms with Gasteiger partial charge in [-0.05, 0) is 26.3 Å². The SMILES string of the molecule is CC(C)(C)n1cc(C(=O)OCc2ccccc2)nn1. The van der Waals surface area contributed by atoms with Crippen molar-refractivity contribution in [3.63, 3.8) is 0 Å². The number of ether oxygens (including phenoxy) is 1.